The fourth-order valence-electron chi connectivity index (χ4n) is 2.13. The lowest BCUT2D eigenvalue weighted by Crippen LogP contribution is -2.49. The summed E-state index contributed by atoms with van der Waals surface area (Å²) in [6.45, 7) is 1.04. The molecule has 0 atom stereocenters. The minimum Gasteiger partial charge on any atom is -0.351 e. The van der Waals surface area contributed by atoms with E-state index in [9.17, 15) is 19.2 Å². The molecule has 1 heterocycles. The third-order valence-electron chi connectivity index (χ3n) is 3.15. The maximum absolute atomic E-state index is 12.0. The van der Waals surface area contributed by atoms with Crippen molar-refractivity contribution in [2.24, 2.45) is 5.73 Å². The lowest BCUT2D eigenvalue weighted by Gasteiger charge is -2.26. The molecule has 1 aliphatic heterocycles. The van der Waals surface area contributed by atoms with Crippen molar-refractivity contribution in [3.63, 3.8) is 0 Å². The molecule has 1 aromatic rings. The fraction of sp³-hybridized carbons (Fsp3) is 0.286. The maximum Gasteiger partial charge on any atom is 0.319 e. The molecule has 1 aromatic carbocycles. The van der Waals surface area contributed by atoms with Crippen molar-refractivity contribution >= 4 is 29.6 Å². The zero-order chi connectivity index (χ0) is 16.8. The average molecular weight is 319 g/mol. The highest BCUT2D eigenvalue weighted by atomic mass is 16.2. The molecule has 9 heteroatoms. The normalized spacial score (nSPS) is 13.9. The first kappa shape index (κ1) is 16.3. The van der Waals surface area contributed by atoms with Crippen LogP contribution in [0.1, 0.15) is 16.8 Å². The van der Waals surface area contributed by atoms with Gasteiger partial charge in [-0.3, -0.25) is 14.9 Å². The van der Waals surface area contributed by atoms with Crippen LogP contribution in [0.15, 0.2) is 24.3 Å². The number of hydrogen-bond donors (Lipinski definition) is 4. The van der Waals surface area contributed by atoms with Gasteiger partial charge in [0.15, 0.2) is 0 Å². The lowest BCUT2D eigenvalue weighted by atomic mass is 10.2. The number of imide groups is 1. The van der Waals surface area contributed by atoms with Gasteiger partial charge in [-0.05, 0) is 24.6 Å². The number of nitrogens with two attached hydrogens (primary N) is 1. The van der Waals surface area contributed by atoms with E-state index in [1.165, 1.54) is 17.0 Å². The molecule has 0 radical (unpaired) electrons. The molecule has 122 valence electrons. The SMILES string of the molecule is NC(=O)NC(=O)c1cccc(NC(=O)CN2CCCNC2=O)c1. The Morgan fingerprint density at radius 2 is 2.09 bits per heavy atom. The largest absolute Gasteiger partial charge is 0.351 e. The molecule has 0 unspecified atom stereocenters. The summed E-state index contributed by atoms with van der Waals surface area (Å²) in [6, 6.07) is 4.80. The van der Waals surface area contributed by atoms with E-state index in [2.05, 4.69) is 10.6 Å². The van der Waals surface area contributed by atoms with Crippen molar-refractivity contribution in [3.05, 3.63) is 29.8 Å². The monoisotopic (exact) mass is 319 g/mol. The highest BCUT2D eigenvalue weighted by Gasteiger charge is 2.20. The van der Waals surface area contributed by atoms with Gasteiger partial charge in [-0.1, -0.05) is 6.07 Å². The summed E-state index contributed by atoms with van der Waals surface area (Å²) in [7, 11) is 0. The van der Waals surface area contributed by atoms with Gasteiger partial charge in [0.25, 0.3) is 5.91 Å². The molecule has 9 nitrogen and oxygen atoms in total. The van der Waals surface area contributed by atoms with Crippen LogP contribution >= 0.6 is 0 Å². The van der Waals surface area contributed by atoms with Crippen molar-refractivity contribution in [2.75, 3.05) is 25.0 Å². The molecule has 1 aliphatic rings. The van der Waals surface area contributed by atoms with Crippen LogP contribution in [-0.4, -0.2) is 48.4 Å². The molecular formula is C14H17N5O4. The first-order chi connectivity index (χ1) is 11.0. The standard InChI is InChI=1S/C14H17N5O4/c15-13(22)18-12(21)9-3-1-4-10(7-9)17-11(20)8-19-6-2-5-16-14(19)23/h1,3-4,7H,2,5-6,8H2,(H,16,23)(H,17,20)(H3,15,18,21,22). The number of hydrogen-bond acceptors (Lipinski definition) is 4. The summed E-state index contributed by atoms with van der Waals surface area (Å²) < 4.78 is 0. The number of anilines is 1. The van der Waals surface area contributed by atoms with Crippen LogP contribution in [0.3, 0.4) is 0 Å². The van der Waals surface area contributed by atoms with Crippen molar-refractivity contribution in [3.8, 4) is 0 Å². The Bertz CT molecular complexity index is 646. The van der Waals surface area contributed by atoms with Gasteiger partial charge in [0.05, 0.1) is 0 Å². The van der Waals surface area contributed by atoms with Crippen LogP contribution in [0.25, 0.3) is 0 Å². The molecule has 1 fully saturated rings. The van der Waals surface area contributed by atoms with Crippen molar-refractivity contribution in [1.82, 2.24) is 15.5 Å². The summed E-state index contributed by atoms with van der Waals surface area (Å²) in [4.78, 5) is 47.3. The molecule has 23 heavy (non-hydrogen) atoms. The van der Waals surface area contributed by atoms with Crippen LogP contribution in [0.5, 0.6) is 0 Å². The molecule has 5 N–H and O–H groups in total. The Balaban J connectivity index is 1.96. The molecule has 0 bridgehead atoms. The highest BCUT2D eigenvalue weighted by molar-refractivity contribution is 6.04. The number of rotatable bonds is 4. The first-order valence-corrected chi connectivity index (χ1v) is 6.99. The van der Waals surface area contributed by atoms with Gasteiger partial charge in [0, 0.05) is 24.3 Å². The van der Waals surface area contributed by atoms with E-state index in [1.807, 2.05) is 5.32 Å². The quantitative estimate of drug-likeness (QED) is 0.614. The molecule has 0 aromatic heterocycles. The summed E-state index contributed by atoms with van der Waals surface area (Å²) in [5, 5.41) is 7.19. The van der Waals surface area contributed by atoms with Crippen LogP contribution < -0.4 is 21.7 Å². The lowest BCUT2D eigenvalue weighted by molar-refractivity contribution is -0.116. The summed E-state index contributed by atoms with van der Waals surface area (Å²) in [6.07, 6.45) is 0.780. The van der Waals surface area contributed by atoms with E-state index in [0.717, 1.165) is 6.42 Å². The molecule has 0 aliphatic carbocycles. The number of nitrogens with zero attached hydrogens (tertiary/aromatic N) is 1. The van der Waals surface area contributed by atoms with E-state index < -0.39 is 11.9 Å². The predicted octanol–water partition coefficient (Wildman–Crippen LogP) is -0.151. The van der Waals surface area contributed by atoms with Gasteiger partial charge in [-0.2, -0.15) is 0 Å². The third kappa shape index (κ3) is 4.70. The van der Waals surface area contributed by atoms with E-state index in [4.69, 9.17) is 5.73 Å². The Hall–Kier alpha value is -3.10. The van der Waals surface area contributed by atoms with Crippen LogP contribution in [0.4, 0.5) is 15.3 Å². The fourth-order valence-corrected chi connectivity index (χ4v) is 2.13. The number of benzene rings is 1. The van der Waals surface area contributed by atoms with Gasteiger partial charge in [-0.15, -0.1) is 0 Å². The zero-order valence-electron chi connectivity index (χ0n) is 12.3. The van der Waals surface area contributed by atoms with Gasteiger partial charge in [-0.25, -0.2) is 9.59 Å². The Morgan fingerprint density at radius 1 is 1.30 bits per heavy atom. The zero-order valence-corrected chi connectivity index (χ0v) is 12.3. The van der Waals surface area contributed by atoms with Crippen LogP contribution in [0.2, 0.25) is 0 Å². The molecule has 0 saturated carbocycles. The Labute approximate surface area is 132 Å². The molecular weight excluding hydrogens is 302 g/mol. The number of carbonyl (C=O) groups excluding carboxylic acids is 4. The summed E-state index contributed by atoms with van der Waals surface area (Å²) >= 11 is 0. The Kier molecular flexibility index (Phi) is 5.13. The third-order valence-corrected chi connectivity index (χ3v) is 3.15. The van der Waals surface area contributed by atoms with Crippen LogP contribution in [0, 0.1) is 0 Å². The highest BCUT2D eigenvalue weighted by Crippen LogP contribution is 2.11. The molecule has 0 spiro atoms. The van der Waals surface area contributed by atoms with Crippen molar-refractivity contribution in [1.29, 1.82) is 0 Å². The van der Waals surface area contributed by atoms with E-state index in [1.54, 1.807) is 12.1 Å². The predicted molar refractivity (Wildman–Crippen MR) is 81.7 cm³/mol. The number of primary amides is 1. The molecule has 2 rings (SSSR count). The van der Waals surface area contributed by atoms with Crippen molar-refractivity contribution in [2.45, 2.75) is 6.42 Å². The second-order valence-electron chi connectivity index (χ2n) is 4.95. The second-order valence-corrected chi connectivity index (χ2v) is 4.95. The molecule has 1 saturated heterocycles. The summed E-state index contributed by atoms with van der Waals surface area (Å²) in [5.41, 5.74) is 5.44. The van der Waals surface area contributed by atoms with Crippen molar-refractivity contribution < 1.29 is 19.2 Å². The minimum absolute atomic E-state index is 0.0798. The minimum atomic E-state index is -0.958. The Morgan fingerprint density at radius 3 is 2.78 bits per heavy atom. The van der Waals surface area contributed by atoms with Crippen LogP contribution in [-0.2, 0) is 4.79 Å². The number of urea groups is 2. The van der Waals surface area contributed by atoms with E-state index in [0.29, 0.717) is 18.8 Å². The topological polar surface area (TPSA) is 134 Å². The number of nitrogens with one attached hydrogen (secondary N) is 3. The van der Waals surface area contributed by atoms with Gasteiger partial charge < -0.3 is 21.3 Å². The smallest absolute Gasteiger partial charge is 0.319 e. The number of amides is 6. The maximum atomic E-state index is 12.0. The average Bonchev–Trinajstić information content (AvgIpc) is 2.49. The van der Waals surface area contributed by atoms with Gasteiger partial charge >= 0.3 is 12.1 Å². The van der Waals surface area contributed by atoms with E-state index >= 15 is 0 Å². The van der Waals surface area contributed by atoms with E-state index in [-0.39, 0.29) is 24.0 Å². The first-order valence-electron chi connectivity index (χ1n) is 6.99. The second kappa shape index (κ2) is 7.25. The van der Waals surface area contributed by atoms with Gasteiger partial charge in [0.1, 0.15) is 6.54 Å². The number of carbonyl (C=O) groups is 4. The summed E-state index contributed by atoms with van der Waals surface area (Å²) in [5.74, 6) is -1.04. The van der Waals surface area contributed by atoms with Gasteiger partial charge in [0.2, 0.25) is 5.91 Å². The molecule has 6 amide bonds.